The van der Waals surface area contributed by atoms with Crippen LogP contribution in [-0.2, 0) is 0 Å². The molecule has 0 saturated heterocycles. The van der Waals surface area contributed by atoms with Crippen molar-refractivity contribution in [3.05, 3.63) is 89.2 Å². The highest BCUT2D eigenvalue weighted by Gasteiger charge is 2.17. The van der Waals surface area contributed by atoms with E-state index in [0.29, 0.717) is 27.9 Å². The molecule has 0 bridgehead atoms. The minimum Gasteiger partial charge on any atom is -0.322 e. The lowest BCUT2D eigenvalue weighted by molar-refractivity contribution is 0.102. The Labute approximate surface area is 193 Å². The van der Waals surface area contributed by atoms with Crippen molar-refractivity contribution < 1.29 is 9.18 Å². The first-order valence-corrected chi connectivity index (χ1v) is 11.7. The molecule has 0 radical (unpaired) electrons. The Morgan fingerprint density at radius 1 is 1.09 bits per heavy atom. The molecule has 0 heterocycles. The summed E-state index contributed by atoms with van der Waals surface area (Å²) in [4.78, 5) is 18.8. The van der Waals surface area contributed by atoms with E-state index in [2.05, 4.69) is 10.3 Å². The van der Waals surface area contributed by atoms with Crippen molar-refractivity contribution in [3.8, 4) is 11.1 Å². The second kappa shape index (κ2) is 10.9. The van der Waals surface area contributed by atoms with E-state index in [0.717, 1.165) is 22.6 Å². The Bertz CT molecular complexity index is 1180. The number of hydrogen-bond donors (Lipinski definition) is 1. The second-order valence-corrected chi connectivity index (χ2v) is 8.13. The Kier molecular flexibility index (Phi) is 8.01. The van der Waals surface area contributed by atoms with E-state index in [1.165, 1.54) is 6.07 Å². The fourth-order valence-corrected chi connectivity index (χ4v) is 3.87. The van der Waals surface area contributed by atoms with Crippen LogP contribution in [0.1, 0.15) is 41.8 Å². The van der Waals surface area contributed by atoms with Gasteiger partial charge in [-0.15, -0.1) is 11.8 Å². The number of halogens is 1. The zero-order valence-electron chi connectivity index (χ0n) is 18.8. The van der Waals surface area contributed by atoms with Crippen molar-refractivity contribution >= 4 is 35.3 Å². The highest BCUT2D eigenvalue weighted by molar-refractivity contribution is 7.98. The van der Waals surface area contributed by atoms with Crippen LogP contribution in [0.25, 0.3) is 16.8 Å². The molecule has 0 saturated carbocycles. The minimum atomic E-state index is -0.289. The summed E-state index contributed by atoms with van der Waals surface area (Å²) in [7, 11) is 0. The maximum atomic E-state index is 14.2. The molecule has 0 aliphatic carbocycles. The Balaban J connectivity index is 1.98. The number of carbonyl (C=O) groups excluding carboxylic acids is 1. The molecule has 3 rings (SSSR count). The largest absolute Gasteiger partial charge is 0.322 e. The molecule has 0 aliphatic rings. The van der Waals surface area contributed by atoms with Crippen molar-refractivity contribution in [1.82, 2.24) is 0 Å². The van der Waals surface area contributed by atoms with Gasteiger partial charge in [0.15, 0.2) is 0 Å². The Hall–Kier alpha value is -3.18. The molecule has 3 aromatic carbocycles. The number of amides is 1. The highest BCUT2D eigenvalue weighted by atomic mass is 32.2. The summed E-state index contributed by atoms with van der Waals surface area (Å²) in [6, 6.07) is 18.2. The molecular formula is C27H27FN2OS. The van der Waals surface area contributed by atoms with Gasteiger partial charge in [0.25, 0.3) is 5.91 Å². The first kappa shape index (κ1) is 23.5. The predicted molar refractivity (Wildman–Crippen MR) is 135 cm³/mol. The number of anilines is 1. The zero-order chi connectivity index (χ0) is 23.1. The van der Waals surface area contributed by atoms with Gasteiger partial charge in [-0.2, -0.15) is 0 Å². The number of aliphatic imine (C=N–C) groups is 1. The highest BCUT2D eigenvalue weighted by Crippen LogP contribution is 2.32. The Morgan fingerprint density at radius 3 is 2.59 bits per heavy atom. The number of rotatable bonds is 7. The third-order valence-corrected chi connectivity index (χ3v) is 5.86. The third-order valence-electron chi connectivity index (χ3n) is 5.13. The summed E-state index contributed by atoms with van der Waals surface area (Å²) in [5.74, 6) is -0.532. The van der Waals surface area contributed by atoms with Crippen LogP contribution in [0, 0.1) is 12.7 Å². The molecule has 164 valence electrons. The smallest absolute Gasteiger partial charge is 0.256 e. The van der Waals surface area contributed by atoms with E-state index in [-0.39, 0.29) is 11.7 Å². The summed E-state index contributed by atoms with van der Waals surface area (Å²) in [5, 5.41) is 3.00. The lowest BCUT2D eigenvalue weighted by Gasteiger charge is -2.15. The number of hydrogen-bond acceptors (Lipinski definition) is 3. The topological polar surface area (TPSA) is 41.5 Å². The number of thioether (sulfide) groups is 1. The van der Waals surface area contributed by atoms with Gasteiger partial charge in [0.2, 0.25) is 0 Å². The summed E-state index contributed by atoms with van der Waals surface area (Å²) in [5.41, 5.74) is 4.89. The van der Waals surface area contributed by atoms with Gasteiger partial charge in [-0.1, -0.05) is 37.3 Å². The van der Waals surface area contributed by atoms with Crippen molar-refractivity contribution in [3.63, 3.8) is 0 Å². The molecule has 0 aromatic heterocycles. The summed E-state index contributed by atoms with van der Waals surface area (Å²) >= 11 is 1.58. The first-order valence-electron chi connectivity index (χ1n) is 10.5. The van der Waals surface area contributed by atoms with Gasteiger partial charge in [-0.25, -0.2) is 4.39 Å². The van der Waals surface area contributed by atoms with Gasteiger partial charge in [-0.3, -0.25) is 9.79 Å². The van der Waals surface area contributed by atoms with Crippen LogP contribution in [0.15, 0.2) is 76.6 Å². The van der Waals surface area contributed by atoms with E-state index in [9.17, 15) is 9.18 Å². The monoisotopic (exact) mass is 446 g/mol. The molecule has 3 aromatic rings. The molecule has 0 atom stereocenters. The van der Waals surface area contributed by atoms with E-state index in [1.807, 2.05) is 74.9 Å². The average molecular weight is 447 g/mol. The van der Waals surface area contributed by atoms with Crippen LogP contribution in [-0.4, -0.2) is 18.4 Å². The van der Waals surface area contributed by atoms with Crippen molar-refractivity contribution in [2.75, 3.05) is 11.6 Å². The van der Waals surface area contributed by atoms with Crippen LogP contribution in [0.3, 0.4) is 0 Å². The van der Waals surface area contributed by atoms with Gasteiger partial charge < -0.3 is 5.32 Å². The zero-order valence-corrected chi connectivity index (χ0v) is 19.6. The van der Waals surface area contributed by atoms with Crippen LogP contribution >= 0.6 is 11.8 Å². The number of nitrogens with zero attached hydrogens (tertiary/aromatic N) is 1. The summed E-state index contributed by atoms with van der Waals surface area (Å²) in [6.45, 7) is 5.71. The van der Waals surface area contributed by atoms with Gasteiger partial charge in [0.05, 0.1) is 5.70 Å². The van der Waals surface area contributed by atoms with Crippen molar-refractivity contribution in [1.29, 1.82) is 0 Å². The average Bonchev–Trinajstić information content (AvgIpc) is 2.81. The molecule has 5 heteroatoms. The van der Waals surface area contributed by atoms with E-state index in [1.54, 1.807) is 30.8 Å². The summed E-state index contributed by atoms with van der Waals surface area (Å²) < 4.78 is 14.2. The number of benzene rings is 3. The lowest BCUT2D eigenvalue weighted by Crippen LogP contribution is -2.13. The van der Waals surface area contributed by atoms with E-state index < -0.39 is 0 Å². The molecular weight excluding hydrogens is 419 g/mol. The van der Waals surface area contributed by atoms with Crippen molar-refractivity contribution in [2.45, 2.75) is 32.1 Å². The van der Waals surface area contributed by atoms with Crippen LogP contribution in [0.4, 0.5) is 10.1 Å². The van der Waals surface area contributed by atoms with E-state index in [4.69, 9.17) is 0 Å². The molecule has 32 heavy (non-hydrogen) atoms. The molecule has 1 N–H and O–H groups in total. The number of nitrogens with one attached hydrogen (secondary N) is 1. The Morgan fingerprint density at radius 2 is 1.88 bits per heavy atom. The molecule has 3 nitrogen and oxygen atoms in total. The third kappa shape index (κ3) is 5.35. The first-order chi connectivity index (χ1) is 15.5. The molecule has 0 spiro atoms. The number of allylic oxidation sites excluding steroid dienone is 1. The summed E-state index contributed by atoms with van der Waals surface area (Å²) in [6.07, 6.45) is 6.63. The van der Waals surface area contributed by atoms with Gasteiger partial charge in [-0.05, 0) is 79.6 Å². The maximum absolute atomic E-state index is 14.2. The fraction of sp³-hybridized carbons (Fsp3) is 0.185. The minimum absolute atomic E-state index is 0.243. The normalized spacial score (nSPS) is 11.7. The molecule has 0 unspecified atom stereocenters. The van der Waals surface area contributed by atoms with Crippen LogP contribution in [0.2, 0.25) is 0 Å². The van der Waals surface area contributed by atoms with E-state index >= 15 is 0 Å². The quantitative estimate of drug-likeness (QED) is 0.300. The fourth-order valence-electron chi connectivity index (χ4n) is 3.43. The molecule has 0 aliphatic heterocycles. The maximum Gasteiger partial charge on any atom is 0.256 e. The van der Waals surface area contributed by atoms with Gasteiger partial charge >= 0.3 is 0 Å². The van der Waals surface area contributed by atoms with Gasteiger partial charge in [0, 0.05) is 27.9 Å². The van der Waals surface area contributed by atoms with Crippen molar-refractivity contribution in [2.24, 2.45) is 4.99 Å². The standard InChI is InChI=1S/C27H27FN2OS/c1-5-15-29-26(6-2)19-9-7-10-20(16-19)30-27(31)23-14-13-21(32-4)17-24(23)22-11-8-12-25(28)18(22)3/h6-17H,5H2,1-4H3,(H,30,31). The predicted octanol–water partition coefficient (Wildman–Crippen LogP) is 7.62. The SMILES string of the molecule is CC=C(N=CCC)c1cccc(NC(=O)c2ccc(SC)cc2-c2cccc(F)c2C)c1. The molecule has 1 amide bonds. The lowest BCUT2D eigenvalue weighted by atomic mass is 9.95. The van der Waals surface area contributed by atoms with Crippen LogP contribution < -0.4 is 5.32 Å². The second-order valence-electron chi connectivity index (χ2n) is 7.25. The molecule has 0 fully saturated rings. The van der Waals surface area contributed by atoms with Crippen LogP contribution in [0.5, 0.6) is 0 Å². The van der Waals surface area contributed by atoms with Gasteiger partial charge in [0.1, 0.15) is 5.82 Å². The number of carbonyl (C=O) groups is 1.